The fourth-order valence-electron chi connectivity index (χ4n) is 2.23. The summed E-state index contributed by atoms with van der Waals surface area (Å²) in [6.07, 6.45) is 2.49. The van der Waals surface area contributed by atoms with E-state index in [1.165, 1.54) is 0 Å². The van der Waals surface area contributed by atoms with Gasteiger partial charge in [-0.2, -0.15) is 0 Å². The summed E-state index contributed by atoms with van der Waals surface area (Å²) >= 11 is 0. The molecule has 0 saturated carbocycles. The van der Waals surface area contributed by atoms with E-state index in [0.717, 1.165) is 17.8 Å². The van der Waals surface area contributed by atoms with E-state index in [1.54, 1.807) is 6.20 Å². The molecule has 2 heterocycles. The molecular weight excluding hydrogens is 250 g/mol. The average Bonchev–Trinajstić information content (AvgIpc) is 2.70. The standard InChI is InChI=1S/C12H19N3O2S/c1-13-10-3-5-14-11(7-10)8-15(2)12-4-6-18(16,17)9-12/h3,5,7,12H,4,6,8-9H2,1-2H3,(H,13,14). The largest absolute Gasteiger partial charge is 0.388 e. The van der Waals surface area contributed by atoms with Crippen LogP contribution in [0.5, 0.6) is 0 Å². The Balaban J connectivity index is 2.01. The minimum Gasteiger partial charge on any atom is -0.388 e. The molecule has 0 bridgehead atoms. The van der Waals surface area contributed by atoms with E-state index in [0.29, 0.717) is 12.3 Å². The molecule has 6 heteroatoms. The zero-order valence-corrected chi connectivity index (χ0v) is 11.6. The monoisotopic (exact) mass is 269 g/mol. The lowest BCUT2D eigenvalue weighted by Crippen LogP contribution is -2.32. The highest BCUT2D eigenvalue weighted by Crippen LogP contribution is 2.18. The third kappa shape index (κ3) is 3.20. The molecule has 1 aliphatic rings. The summed E-state index contributed by atoms with van der Waals surface area (Å²) in [4.78, 5) is 6.38. The first-order chi connectivity index (χ1) is 8.50. The molecule has 0 spiro atoms. The summed E-state index contributed by atoms with van der Waals surface area (Å²) in [5.41, 5.74) is 1.97. The van der Waals surface area contributed by atoms with Crippen LogP contribution in [0.2, 0.25) is 0 Å². The van der Waals surface area contributed by atoms with Crippen molar-refractivity contribution in [2.75, 3.05) is 30.9 Å². The first-order valence-corrected chi connectivity index (χ1v) is 7.85. The fourth-order valence-corrected chi connectivity index (χ4v) is 4.03. The Morgan fingerprint density at radius 3 is 2.94 bits per heavy atom. The lowest BCUT2D eigenvalue weighted by atomic mass is 10.2. The molecule has 5 nitrogen and oxygen atoms in total. The molecule has 1 atom stereocenters. The van der Waals surface area contributed by atoms with Crippen LogP contribution in [0.4, 0.5) is 5.69 Å². The van der Waals surface area contributed by atoms with Crippen molar-refractivity contribution >= 4 is 15.5 Å². The van der Waals surface area contributed by atoms with E-state index in [9.17, 15) is 8.42 Å². The maximum absolute atomic E-state index is 11.4. The Kier molecular flexibility index (Phi) is 3.87. The number of hydrogen-bond donors (Lipinski definition) is 1. The van der Waals surface area contributed by atoms with E-state index in [-0.39, 0.29) is 11.8 Å². The molecule has 1 unspecified atom stereocenters. The summed E-state index contributed by atoms with van der Waals surface area (Å²) in [6.45, 7) is 0.676. The number of hydrogen-bond acceptors (Lipinski definition) is 5. The molecule has 1 saturated heterocycles. The summed E-state index contributed by atoms with van der Waals surface area (Å²) in [5, 5.41) is 3.07. The van der Waals surface area contributed by atoms with Crippen LogP contribution in [-0.2, 0) is 16.4 Å². The van der Waals surface area contributed by atoms with Crippen LogP contribution in [0.25, 0.3) is 0 Å². The third-order valence-corrected chi connectivity index (χ3v) is 5.10. The van der Waals surface area contributed by atoms with Gasteiger partial charge in [-0.05, 0) is 25.6 Å². The fraction of sp³-hybridized carbons (Fsp3) is 0.583. The Hall–Kier alpha value is -1.14. The second-order valence-corrected chi connectivity index (χ2v) is 6.99. The summed E-state index contributed by atoms with van der Waals surface area (Å²) in [7, 11) is 1.00. The minimum atomic E-state index is -2.82. The smallest absolute Gasteiger partial charge is 0.151 e. The molecule has 0 aliphatic carbocycles. The molecule has 1 aliphatic heterocycles. The SMILES string of the molecule is CNc1ccnc(CN(C)C2CCS(=O)(=O)C2)c1. The average molecular weight is 269 g/mol. The van der Waals surface area contributed by atoms with Gasteiger partial charge in [0.25, 0.3) is 0 Å². The lowest BCUT2D eigenvalue weighted by Gasteiger charge is -2.22. The molecule has 1 N–H and O–H groups in total. The molecular formula is C12H19N3O2S. The molecule has 0 amide bonds. The predicted octanol–water partition coefficient (Wildman–Crippen LogP) is 0.742. The second kappa shape index (κ2) is 5.24. The van der Waals surface area contributed by atoms with Gasteiger partial charge in [0.2, 0.25) is 0 Å². The van der Waals surface area contributed by atoms with Crippen LogP contribution in [0.15, 0.2) is 18.3 Å². The summed E-state index contributed by atoms with van der Waals surface area (Å²) < 4.78 is 22.9. The zero-order valence-electron chi connectivity index (χ0n) is 10.8. The number of nitrogens with zero attached hydrogens (tertiary/aromatic N) is 2. The van der Waals surface area contributed by atoms with E-state index in [4.69, 9.17) is 0 Å². The quantitative estimate of drug-likeness (QED) is 0.873. The van der Waals surface area contributed by atoms with Gasteiger partial charge in [0.1, 0.15) is 0 Å². The van der Waals surface area contributed by atoms with Crippen molar-refractivity contribution < 1.29 is 8.42 Å². The van der Waals surface area contributed by atoms with Crippen molar-refractivity contribution in [3.63, 3.8) is 0 Å². The van der Waals surface area contributed by atoms with Crippen LogP contribution in [0.1, 0.15) is 12.1 Å². The van der Waals surface area contributed by atoms with Crippen LogP contribution >= 0.6 is 0 Å². The number of nitrogens with one attached hydrogen (secondary N) is 1. The Morgan fingerprint density at radius 2 is 2.33 bits per heavy atom. The van der Waals surface area contributed by atoms with Gasteiger partial charge in [-0.3, -0.25) is 9.88 Å². The van der Waals surface area contributed by atoms with Gasteiger partial charge in [-0.25, -0.2) is 8.42 Å². The first-order valence-electron chi connectivity index (χ1n) is 6.03. The van der Waals surface area contributed by atoms with Gasteiger partial charge in [-0.15, -0.1) is 0 Å². The number of anilines is 1. The highest BCUT2D eigenvalue weighted by molar-refractivity contribution is 7.91. The molecule has 1 aromatic heterocycles. The van der Waals surface area contributed by atoms with Crippen molar-refractivity contribution in [1.29, 1.82) is 0 Å². The van der Waals surface area contributed by atoms with Gasteiger partial charge in [-0.1, -0.05) is 0 Å². The van der Waals surface area contributed by atoms with Crippen LogP contribution < -0.4 is 5.32 Å². The van der Waals surface area contributed by atoms with Gasteiger partial charge >= 0.3 is 0 Å². The van der Waals surface area contributed by atoms with Crippen LogP contribution in [-0.4, -0.2) is 49.9 Å². The molecule has 18 heavy (non-hydrogen) atoms. The van der Waals surface area contributed by atoms with Crippen molar-refractivity contribution in [3.05, 3.63) is 24.0 Å². The highest BCUT2D eigenvalue weighted by Gasteiger charge is 2.30. The van der Waals surface area contributed by atoms with Crippen LogP contribution in [0, 0.1) is 0 Å². The van der Waals surface area contributed by atoms with Crippen molar-refractivity contribution in [2.45, 2.75) is 19.0 Å². The van der Waals surface area contributed by atoms with Gasteiger partial charge in [0.15, 0.2) is 9.84 Å². The zero-order chi connectivity index (χ0) is 13.2. The normalized spacial score (nSPS) is 22.3. The third-order valence-electron chi connectivity index (χ3n) is 3.35. The molecule has 0 aromatic carbocycles. The first kappa shape index (κ1) is 13.3. The molecule has 0 radical (unpaired) electrons. The van der Waals surface area contributed by atoms with Gasteiger partial charge < -0.3 is 5.32 Å². The van der Waals surface area contributed by atoms with Crippen molar-refractivity contribution in [3.8, 4) is 0 Å². The molecule has 2 rings (SSSR count). The number of pyridine rings is 1. The topological polar surface area (TPSA) is 62.3 Å². The number of aromatic nitrogens is 1. The highest BCUT2D eigenvalue weighted by atomic mass is 32.2. The summed E-state index contributed by atoms with van der Waals surface area (Å²) in [5.74, 6) is 0.585. The van der Waals surface area contributed by atoms with E-state index >= 15 is 0 Å². The predicted molar refractivity (Wildman–Crippen MR) is 72.3 cm³/mol. The number of rotatable bonds is 4. The van der Waals surface area contributed by atoms with Crippen LogP contribution in [0.3, 0.4) is 0 Å². The Morgan fingerprint density at radius 1 is 1.56 bits per heavy atom. The van der Waals surface area contributed by atoms with E-state index < -0.39 is 9.84 Å². The van der Waals surface area contributed by atoms with Gasteiger partial charge in [0.05, 0.1) is 17.2 Å². The summed E-state index contributed by atoms with van der Waals surface area (Å²) in [6, 6.07) is 4.01. The van der Waals surface area contributed by atoms with E-state index in [2.05, 4.69) is 15.2 Å². The van der Waals surface area contributed by atoms with Gasteiger partial charge in [0, 0.05) is 31.5 Å². The Labute approximate surface area is 108 Å². The van der Waals surface area contributed by atoms with E-state index in [1.807, 2.05) is 26.2 Å². The second-order valence-electron chi connectivity index (χ2n) is 4.76. The molecule has 1 fully saturated rings. The lowest BCUT2D eigenvalue weighted by molar-refractivity contribution is 0.251. The number of sulfone groups is 1. The van der Waals surface area contributed by atoms with Crippen molar-refractivity contribution in [1.82, 2.24) is 9.88 Å². The maximum atomic E-state index is 11.4. The van der Waals surface area contributed by atoms with Crippen molar-refractivity contribution in [2.24, 2.45) is 0 Å². The molecule has 100 valence electrons. The maximum Gasteiger partial charge on any atom is 0.151 e. The minimum absolute atomic E-state index is 0.120. The Bertz CT molecular complexity index is 516. The molecule has 1 aromatic rings.